The van der Waals surface area contributed by atoms with Gasteiger partial charge in [-0.15, -0.1) is 5.10 Å². The Morgan fingerprint density at radius 1 is 1.32 bits per heavy atom. The van der Waals surface area contributed by atoms with Crippen LogP contribution < -0.4 is 0 Å². The van der Waals surface area contributed by atoms with E-state index in [1.54, 1.807) is 15.8 Å². The number of aryl methyl sites for hydroxylation is 1. The maximum absolute atomic E-state index is 12.5. The van der Waals surface area contributed by atoms with Crippen molar-refractivity contribution >= 4 is 16.9 Å². The van der Waals surface area contributed by atoms with E-state index in [1.807, 2.05) is 49.0 Å². The number of carbonyl (C=O) groups excluding carboxylic acids is 1. The minimum absolute atomic E-state index is 0.00107. The fraction of sp³-hybridized carbons (Fsp3) is 0.333. The van der Waals surface area contributed by atoms with E-state index in [-0.39, 0.29) is 12.5 Å². The van der Waals surface area contributed by atoms with Gasteiger partial charge in [-0.25, -0.2) is 9.67 Å². The summed E-state index contributed by atoms with van der Waals surface area (Å²) in [6.45, 7) is 3.25. The first-order chi connectivity index (χ1) is 10.7. The summed E-state index contributed by atoms with van der Waals surface area (Å²) >= 11 is 0. The van der Waals surface area contributed by atoms with Crippen molar-refractivity contribution in [3.63, 3.8) is 0 Å². The molecule has 7 nitrogen and oxygen atoms in total. The van der Waals surface area contributed by atoms with Crippen LogP contribution in [-0.2, 0) is 24.9 Å². The molecule has 3 aromatic rings. The standard InChI is InChI=1S/C15H18N6O/c1-3-20(10-14-16-8-9-19(14)2)15(22)11-21-13-7-5-4-6-12(13)17-18-21/h4-9H,3,10-11H2,1-2H3. The molecule has 0 atom stereocenters. The lowest BCUT2D eigenvalue weighted by atomic mass is 10.3. The van der Waals surface area contributed by atoms with E-state index in [0.29, 0.717) is 13.1 Å². The number of fused-ring (bicyclic) bond motifs is 1. The van der Waals surface area contributed by atoms with Gasteiger partial charge in [0.15, 0.2) is 0 Å². The highest BCUT2D eigenvalue weighted by molar-refractivity contribution is 5.79. The van der Waals surface area contributed by atoms with Crippen LogP contribution in [0.4, 0.5) is 0 Å². The Hall–Kier alpha value is -2.70. The predicted octanol–water partition coefficient (Wildman–Crippen LogP) is 1.21. The summed E-state index contributed by atoms with van der Waals surface area (Å²) in [6, 6.07) is 7.62. The molecule has 2 aromatic heterocycles. The van der Waals surface area contributed by atoms with Gasteiger partial charge in [-0.1, -0.05) is 17.3 Å². The number of hydrogen-bond acceptors (Lipinski definition) is 4. The summed E-state index contributed by atoms with van der Waals surface area (Å²) in [4.78, 5) is 18.6. The molecule has 22 heavy (non-hydrogen) atoms. The number of carbonyl (C=O) groups is 1. The third-order valence-corrected chi connectivity index (χ3v) is 3.69. The van der Waals surface area contributed by atoms with Gasteiger partial charge in [-0.3, -0.25) is 4.79 Å². The molecular formula is C15H18N6O. The van der Waals surface area contributed by atoms with E-state index >= 15 is 0 Å². The molecule has 0 aliphatic carbocycles. The second-order valence-corrected chi connectivity index (χ2v) is 5.10. The molecule has 0 N–H and O–H groups in total. The van der Waals surface area contributed by atoms with E-state index < -0.39 is 0 Å². The van der Waals surface area contributed by atoms with Crippen LogP contribution in [0.2, 0.25) is 0 Å². The monoisotopic (exact) mass is 298 g/mol. The van der Waals surface area contributed by atoms with E-state index in [9.17, 15) is 4.79 Å². The van der Waals surface area contributed by atoms with Gasteiger partial charge in [0, 0.05) is 26.0 Å². The van der Waals surface area contributed by atoms with Crippen LogP contribution in [0, 0.1) is 0 Å². The Kier molecular flexibility index (Phi) is 3.86. The van der Waals surface area contributed by atoms with Crippen LogP contribution in [0.1, 0.15) is 12.7 Å². The molecule has 0 fully saturated rings. The Bertz CT molecular complexity index is 790. The smallest absolute Gasteiger partial charge is 0.244 e. The first-order valence-corrected chi connectivity index (χ1v) is 7.21. The maximum atomic E-state index is 12.5. The van der Waals surface area contributed by atoms with Crippen LogP contribution in [-0.4, -0.2) is 41.9 Å². The summed E-state index contributed by atoms with van der Waals surface area (Å²) in [6.07, 6.45) is 3.61. The van der Waals surface area contributed by atoms with E-state index in [2.05, 4.69) is 15.3 Å². The summed E-state index contributed by atoms with van der Waals surface area (Å²) in [5, 5.41) is 8.14. The summed E-state index contributed by atoms with van der Waals surface area (Å²) in [7, 11) is 1.92. The molecule has 3 rings (SSSR count). The van der Waals surface area contributed by atoms with Gasteiger partial charge in [-0.05, 0) is 19.1 Å². The Morgan fingerprint density at radius 2 is 2.14 bits per heavy atom. The highest BCUT2D eigenvalue weighted by atomic mass is 16.2. The highest BCUT2D eigenvalue weighted by Gasteiger charge is 2.16. The Morgan fingerprint density at radius 3 is 2.86 bits per heavy atom. The van der Waals surface area contributed by atoms with Crippen molar-refractivity contribution in [3.05, 3.63) is 42.5 Å². The zero-order valence-corrected chi connectivity index (χ0v) is 12.7. The van der Waals surface area contributed by atoms with Crippen molar-refractivity contribution in [2.24, 2.45) is 7.05 Å². The van der Waals surface area contributed by atoms with Crippen molar-refractivity contribution < 1.29 is 4.79 Å². The summed E-state index contributed by atoms with van der Waals surface area (Å²) in [5.74, 6) is 0.861. The van der Waals surface area contributed by atoms with E-state index in [4.69, 9.17) is 0 Å². The Balaban J connectivity index is 1.76. The summed E-state index contributed by atoms with van der Waals surface area (Å²) in [5.41, 5.74) is 1.66. The zero-order chi connectivity index (χ0) is 15.5. The third kappa shape index (κ3) is 2.69. The van der Waals surface area contributed by atoms with Gasteiger partial charge in [0.25, 0.3) is 0 Å². The van der Waals surface area contributed by atoms with Crippen LogP contribution in [0.25, 0.3) is 11.0 Å². The Labute approximate surface area is 128 Å². The van der Waals surface area contributed by atoms with Crippen molar-refractivity contribution in [2.45, 2.75) is 20.0 Å². The summed E-state index contributed by atoms with van der Waals surface area (Å²) < 4.78 is 3.56. The minimum atomic E-state index is 0.00107. The van der Waals surface area contributed by atoms with Gasteiger partial charge in [0.2, 0.25) is 5.91 Å². The molecule has 1 amide bonds. The fourth-order valence-corrected chi connectivity index (χ4v) is 2.36. The normalized spacial score (nSPS) is 11.0. The average molecular weight is 298 g/mol. The number of aromatic nitrogens is 5. The van der Waals surface area contributed by atoms with Gasteiger partial charge in [0.1, 0.15) is 17.9 Å². The molecule has 7 heteroatoms. The molecule has 0 aliphatic rings. The maximum Gasteiger partial charge on any atom is 0.244 e. The lowest BCUT2D eigenvalue weighted by molar-refractivity contribution is -0.132. The van der Waals surface area contributed by atoms with Crippen molar-refractivity contribution in [2.75, 3.05) is 6.54 Å². The van der Waals surface area contributed by atoms with Crippen LogP contribution in [0.5, 0.6) is 0 Å². The number of para-hydroxylation sites is 1. The van der Waals surface area contributed by atoms with Gasteiger partial charge in [-0.2, -0.15) is 0 Å². The topological polar surface area (TPSA) is 68.8 Å². The molecule has 0 saturated carbocycles. The number of rotatable bonds is 5. The number of likely N-dealkylation sites (N-methyl/N-ethyl adjacent to an activating group) is 1. The molecule has 2 heterocycles. The molecule has 0 aliphatic heterocycles. The molecule has 114 valence electrons. The molecule has 1 aromatic carbocycles. The van der Waals surface area contributed by atoms with E-state index in [0.717, 1.165) is 16.9 Å². The van der Waals surface area contributed by atoms with E-state index in [1.165, 1.54) is 0 Å². The number of amides is 1. The zero-order valence-electron chi connectivity index (χ0n) is 12.7. The lowest BCUT2D eigenvalue weighted by Crippen LogP contribution is -2.34. The molecule has 0 bridgehead atoms. The SMILES string of the molecule is CCN(Cc1nccn1C)C(=O)Cn1nnc2ccccc21. The van der Waals surface area contributed by atoms with Crippen LogP contribution in [0.15, 0.2) is 36.7 Å². The molecule has 0 saturated heterocycles. The first-order valence-electron chi connectivity index (χ1n) is 7.21. The molecule has 0 radical (unpaired) electrons. The number of benzene rings is 1. The van der Waals surface area contributed by atoms with Gasteiger partial charge >= 0.3 is 0 Å². The van der Waals surface area contributed by atoms with Crippen LogP contribution >= 0.6 is 0 Å². The lowest BCUT2D eigenvalue weighted by Gasteiger charge is -2.20. The first kappa shape index (κ1) is 14.2. The third-order valence-electron chi connectivity index (χ3n) is 3.69. The van der Waals surface area contributed by atoms with Gasteiger partial charge < -0.3 is 9.47 Å². The molecule has 0 unspecified atom stereocenters. The van der Waals surface area contributed by atoms with Crippen molar-refractivity contribution in [3.8, 4) is 0 Å². The van der Waals surface area contributed by atoms with Gasteiger partial charge in [0.05, 0.1) is 12.1 Å². The van der Waals surface area contributed by atoms with Crippen molar-refractivity contribution in [1.29, 1.82) is 0 Å². The predicted molar refractivity (Wildman–Crippen MR) is 81.8 cm³/mol. The second kappa shape index (κ2) is 5.97. The molecular weight excluding hydrogens is 280 g/mol. The quantitative estimate of drug-likeness (QED) is 0.710. The molecule has 0 spiro atoms. The largest absolute Gasteiger partial charge is 0.337 e. The number of nitrogens with zero attached hydrogens (tertiary/aromatic N) is 6. The highest BCUT2D eigenvalue weighted by Crippen LogP contribution is 2.10. The average Bonchev–Trinajstić information content (AvgIpc) is 3.12. The van der Waals surface area contributed by atoms with Crippen molar-refractivity contribution in [1.82, 2.24) is 29.4 Å². The fourth-order valence-electron chi connectivity index (χ4n) is 2.36. The minimum Gasteiger partial charge on any atom is -0.337 e. The number of hydrogen-bond donors (Lipinski definition) is 0. The van der Waals surface area contributed by atoms with Crippen LogP contribution in [0.3, 0.4) is 0 Å². The second-order valence-electron chi connectivity index (χ2n) is 5.10. The number of imidazole rings is 1.